The summed E-state index contributed by atoms with van der Waals surface area (Å²) in [4.78, 5) is 2.29. The van der Waals surface area contributed by atoms with E-state index in [4.69, 9.17) is 21.8 Å². The molecule has 0 saturated carbocycles. The average Bonchev–Trinajstić information content (AvgIpc) is 2.54. The summed E-state index contributed by atoms with van der Waals surface area (Å²) in [5, 5.41) is 1.96. The fourth-order valence-corrected chi connectivity index (χ4v) is 2.81. The Kier molecular flexibility index (Phi) is 2.62. The summed E-state index contributed by atoms with van der Waals surface area (Å²) in [7, 11) is 2.12. The van der Waals surface area contributed by atoms with Gasteiger partial charge in [-0.2, -0.15) is 0 Å². The third-order valence-electron chi connectivity index (χ3n) is 3.40. The molecule has 0 aliphatic carbocycles. The van der Waals surface area contributed by atoms with E-state index in [1.165, 1.54) is 16.5 Å². The molecule has 3 nitrogen and oxygen atoms in total. The normalized spacial score (nSPS) is 16.4. The highest BCUT2D eigenvalue weighted by atomic mass is 35.5. The number of hydrogen-bond acceptors (Lipinski definition) is 3. The summed E-state index contributed by atoms with van der Waals surface area (Å²) < 4.78 is 5.81. The van der Waals surface area contributed by atoms with E-state index in [9.17, 15) is 0 Å². The largest absolute Gasteiger partial charge is 0.459 e. The maximum atomic E-state index is 6.12. The predicted molar refractivity (Wildman–Crippen MR) is 69.2 cm³/mol. The van der Waals surface area contributed by atoms with E-state index in [0.29, 0.717) is 6.54 Å². The molecular weight excluding hydrogens is 236 g/mol. The van der Waals surface area contributed by atoms with Crippen molar-refractivity contribution in [2.75, 3.05) is 13.6 Å². The van der Waals surface area contributed by atoms with Crippen LogP contribution in [0.3, 0.4) is 0 Å². The molecular formula is C13H15ClN2O. The number of benzene rings is 1. The second-order valence-corrected chi connectivity index (χ2v) is 5.07. The minimum absolute atomic E-state index is 0.439. The molecule has 0 unspecified atom stereocenters. The number of nitrogens with zero attached hydrogens (tertiary/aromatic N) is 1. The van der Waals surface area contributed by atoms with Gasteiger partial charge in [0.05, 0.1) is 6.54 Å². The maximum Gasteiger partial charge on any atom is 0.136 e. The fourth-order valence-electron chi connectivity index (χ4n) is 2.58. The van der Waals surface area contributed by atoms with Crippen molar-refractivity contribution in [3.05, 3.63) is 34.0 Å². The second-order valence-electron chi connectivity index (χ2n) is 4.63. The molecule has 1 aliphatic heterocycles. The predicted octanol–water partition coefficient (Wildman–Crippen LogP) is 2.53. The highest BCUT2D eigenvalue weighted by Crippen LogP contribution is 2.34. The number of hydrogen-bond donors (Lipinski definition) is 1. The number of nitrogens with two attached hydrogens (primary N) is 1. The van der Waals surface area contributed by atoms with E-state index in [1.54, 1.807) is 0 Å². The molecule has 2 N–H and O–H groups in total. The van der Waals surface area contributed by atoms with Crippen LogP contribution in [0.1, 0.15) is 16.9 Å². The minimum atomic E-state index is 0.439. The van der Waals surface area contributed by atoms with E-state index in [2.05, 4.69) is 11.9 Å². The van der Waals surface area contributed by atoms with Crippen LogP contribution < -0.4 is 5.73 Å². The molecule has 0 amide bonds. The molecule has 3 rings (SSSR count). The van der Waals surface area contributed by atoms with Crippen molar-refractivity contribution in [2.24, 2.45) is 5.73 Å². The van der Waals surface area contributed by atoms with Crippen LogP contribution in [0.2, 0.25) is 5.02 Å². The van der Waals surface area contributed by atoms with Gasteiger partial charge in [0.1, 0.15) is 11.3 Å². The van der Waals surface area contributed by atoms with Gasteiger partial charge in [-0.15, -0.1) is 0 Å². The van der Waals surface area contributed by atoms with Gasteiger partial charge in [-0.3, -0.25) is 0 Å². The molecule has 1 aromatic carbocycles. The molecule has 17 heavy (non-hydrogen) atoms. The molecule has 1 aliphatic rings. The first kappa shape index (κ1) is 11.1. The Morgan fingerprint density at radius 3 is 3.06 bits per heavy atom. The molecule has 90 valence electrons. The van der Waals surface area contributed by atoms with E-state index in [0.717, 1.165) is 35.9 Å². The first-order chi connectivity index (χ1) is 8.19. The van der Waals surface area contributed by atoms with Crippen LogP contribution in [0.5, 0.6) is 0 Å². The number of furan rings is 1. The number of rotatable bonds is 1. The standard InChI is InChI=1S/C13H15ClN2O/c1-16-3-2-8-4-9(14)5-11-13(8)10(7-16)12(6-15)17-11/h4-5H,2-3,6-7,15H2,1H3. The summed E-state index contributed by atoms with van der Waals surface area (Å²) in [5.41, 5.74) is 9.13. The van der Waals surface area contributed by atoms with E-state index < -0.39 is 0 Å². The SMILES string of the molecule is CN1CCc2cc(Cl)cc3oc(CN)c(c23)C1. The Balaban J connectivity index is 2.33. The van der Waals surface area contributed by atoms with Crippen molar-refractivity contribution in [3.8, 4) is 0 Å². The van der Waals surface area contributed by atoms with Crippen LogP contribution in [0.4, 0.5) is 0 Å². The van der Waals surface area contributed by atoms with Gasteiger partial charge in [0, 0.05) is 35.1 Å². The topological polar surface area (TPSA) is 42.4 Å². The smallest absolute Gasteiger partial charge is 0.136 e. The molecule has 0 saturated heterocycles. The summed E-state index contributed by atoms with van der Waals surface area (Å²) in [5.74, 6) is 0.886. The van der Waals surface area contributed by atoms with Gasteiger partial charge < -0.3 is 15.1 Å². The van der Waals surface area contributed by atoms with E-state index in [1.807, 2.05) is 12.1 Å². The lowest BCUT2D eigenvalue weighted by molar-refractivity contribution is 0.332. The zero-order valence-corrected chi connectivity index (χ0v) is 10.5. The lowest BCUT2D eigenvalue weighted by Gasteiger charge is -2.13. The molecule has 2 heterocycles. The van der Waals surface area contributed by atoms with E-state index in [-0.39, 0.29) is 0 Å². The quantitative estimate of drug-likeness (QED) is 0.846. The Labute approximate surface area is 105 Å². The molecule has 0 atom stereocenters. The number of likely N-dealkylation sites (N-methyl/N-ethyl adjacent to an activating group) is 1. The minimum Gasteiger partial charge on any atom is -0.459 e. The Morgan fingerprint density at radius 1 is 1.47 bits per heavy atom. The summed E-state index contributed by atoms with van der Waals surface area (Å²) in [6.07, 6.45) is 1.00. The van der Waals surface area contributed by atoms with Crippen LogP contribution in [0.25, 0.3) is 11.0 Å². The first-order valence-electron chi connectivity index (χ1n) is 5.80. The number of halogens is 1. The molecule has 0 radical (unpaired) electrons. The Bertz CT molecular complexity index is 576. The van der Waals surface area contributed by atoms with Crippen molar-refractivity contribution < 1.29 is 4.42 Å². The van der Waals surface area contributed by atoms with Crippen LogP contribution in [-0.4, -0.2) is 18.5 Å². The molecule has 0 bridgehead atoms. The molecule has 0 spiro atoms. The van der Waals surface area contributed by atoms with Crippen LogP contribution >= 0.6 is 11.6 Å². The lowest BCUT2D eigenvalue weighted by Crippen LogP contribution is -2.19. The summed E-state index contributed by atoms with van der Waals surface area (Å²) >= 11 is 6.12. The molecule has 2 aromatic rings. The van der Waals surface area contributed by atoms with Gasteiger partial charge in [0.25, 0.3) is 0 Å². The first-order valence-corrected chi connectivity index (χ1v) is 6.18. The highest BCUT2D eigenvalue weighted by Gasteiger charge is 2.21. The molecule has 4 heteroatoms. The third kappa shape index (κ3) is 1.75. The third-order valence-corrected chi connectivity index (χ3v) is 3.61. The zero-order valence-electron chi connectivity index (χ0n) is 9.79. The Morgan fingerprint density at radius 2 is 2.29 bits per heavy atom. The highest BCUT2D eigenvalue weighted by molar-refractivity contribution is 6.31. The maximum absolute atomic E-state index is 6.12. The molecule has 1 aromatic heterocycles. The zero-order chi connectivity index (χ0) is 12.0. The average molecular weight is 251 g/mol. The lowest BCUT2D eigenvalue weighted by atomic mass is 10.0. The van der Waals surface area contributed by atoms with Crippen molar-refractivity contribution >= 4 is 22.6 Å². The van der Waals surface area contributed by atoms with Crippen molar-refractivity contribution in [3.63, 3.8) is 0 Å². The van der Waals surface area contributed by atoms with Crippen LogP contribution in [-0.2, 0) is 19.5 Å². The second kappa shape index (κ2) is 4.02. The van der Waals surface area contributed by atoms with Crippen LogP contribution in [0.15, 0.2) is 16.5 Å². The van der Waals surface area contributed by atoms with Gasteiger partial charge in [-0.25, -0.2) is 0 Å². The molecule has 0 fully saturated rings. The van der Waals surface area contributed by atoms with Crippen molar-refractivity contribution in [1.29, 1.82) is 0 Å². The summed E-state index contributed by atoms with van der Waals surface area (Å²) in [6, 6.07) is 3.93. The van der Waals surface area contributed by atoms with Gasteiger partial charge in [-0.1, -0.05) is 11.6 Å². The van der Waals surface area contributed by atoms with Gasteiger partial charge in [0.15, 0.2) is 0 Å². The van der Waals surface area contributed by atoms with Crippen molar-refractivity contribution in [1.82, 2.24) is 4.90 Å². The van der Waals surface area contributed by atoms with Crippen LogP contribution in [0, 0.1) is 0 Å². The summed E-state index contributed by atoms with van der Waals surface area (Å²) in [6.45, 7) is 2.37. The van der Waals surface area contributed by atoms with Gasteiger partial charge >= 0.3 is 0 Å². The van der Waals surface area contributed by atoms with Gasteiger partial charge in [0.2, 0.25) is 0 Å². The van der Waals surface area contributed by atoms with Gasteiger partial charge in [-0.05, 0) is 25.1 Å². The monoisotopic (exact) mass is 250 g/mol. The van der Waals surface area contributed by atoms with Crippen molar-refractivity contribution in [2.45, 2.75) is 19.5 Å². The Hall–Kier alpha value is -1.03. The fraction of sp³-hybridized carbons (Fsp3) is 0.385. The van der Waals surface area contributed by atoms with E-state index >= 15 is 0 Å².